The quantitative estimate of drug-likeness (QED) is 0.183. The molecular formula is C36H39ClN2O8. The van der Waals surface area contributed by atoms with Crippen LogP contribution in [0.15, 0.2) is 60.7 Å². The lowest BCUT2D eigenvalue weighted by atomic mass is 9.92. The van der Waals surface area contributed by atoms with E-state index in [2.05, 4.69) is 5.32 Å². The van der Waals surface area contributed by atoms with Crippen molar-refractivity contribution in [2.24, 2.45) is 5.41 Å². The van der Waals surface area contributed by atoms with Crippen LogP contribution in [0.5, 0.6) is 0 Å². The highest BCUT2D eigenvalue weighted by molar-refractivity contribution is 6.30. The number of aliphatic carboxylic acids is 1. The first-order chi connectivity index (χ1) is 22.1. The molecule has 1 heterocycles. The standard InChI is InChI=1S/C36H39ClN2O8/c1-21-9-6-7-10-25(21)32(43)38-24-13-14-26(22(2)19-24)33(44)39-18-8-11-27(28-20-23(37)12-15-29(28)39)34(47-35(45)36(3,4)5)46-31(42)17-16-30(40)41/h6-7,9-10,12-15,19-20,27,34H,8,11,16-18H2,1-5H3,(H,38,43)(H,40,41). The molecule has 4 rings (SSSR count). The molecule has 47 heavy (non-hydrogen) atoms. The molecule has 2 N–H and O–H groups in total. The van der Waals surface area contributed by atoms with E-state index in [0.717, 1.165) is 5.56 Å². The van der Waals surface area contributed by atoms with Crippen LogP contribution >= 0.6 is 11.6 Å². The van der Waals surface area contributed by atoms with Gasteiger partial charge in [-0.25, -0.2) is 0 Å². The Morgan fingerprint density at radius 1 is 0.936 bits per heavy atom. The number of halogens is 1. The lowest BCUT2D eigenvalue weighted by molar-refractivity contribution is -0.198. The van der Waals surface area contributed by atoms with Crippen LogP contribution in [0.2, 0.25) is 5.02 Å². The number of nitrogens with one attached hydrogen (secondary N) is 1. The second kappa shape index (κ2) is 14.8. The number of carbonyl (C=O) groups excluding carboxylic acids is 4. The molecule has 11 heteroatoms. The van der Waals surface area contributed by atoms with Crippen molar-refractivity contribution in [2.75, 3.05) is 16.8 Å². The molecule has 0 saturated heterocycles. The third-order valence-corrected chi connectivity index (χ3v) is 8.12. The van der Waals surface area contributed by atoms with Gasteiger partial charge in [-0.1, -0.05) is 29.8 Å². The Labute approximate surface area is 279 Å². The number of anilines is 2. The molecule has 0 aromatic heterocycles. The van der Waals surface area contributed by atoms with Crippen molar-refractivity contribution in [2.45, 2.75) is 72.5 Å². The molecule has 0 spiro atoms. The van der Waals surface area contributed by atoms with Crippen LogP contribution in [0.1, 0.15) is 89.8 Å². The number of fused-ring (bicyclic) bond motifs is 1. The number of aryl methyl sites for hydroxylation is 2. The Morgan fingerprint density at radius 2 is 1.66 bits per heavy atom. The Bertz CT molecular complexity index is 1700. The lowest BCUT2D eigenvalue weighted by Crippen LogP contribution is -2.35. The summed E-state index contributed by atoms with van der Waals surface area (Å²) in [6.07, 6.45) is -1.40. The fourth-order valence-electron chi connectivity index (χ4n) is 5.33. The van der Waals surface area contributed by atoms with Gasteiger partial charge in [-0.15, -0.1) is 0 Å². The smallest absolute Gasteiger partial charge is 0.314 e. The van der Waals surface area contributed by atoms with Crippen LogP contribution in [0.4, 0.5) is 11.4 Å². The Hall–Kier alpha value is -4.70. The number of carboxylic acid groups (broad SMARTS) is 1. The molecule has 0 aliphatic carbocycles. The molecule has 1 aliphatic heterocycles. The third-order valence-electron chi connectivity index (χ3n) is 7.88. The monoisotopic (exact) mass is 662 g/mol. The molecule has 0 bridgehead atoms. The molecule has 0 fully saturated rings. The van der Waals surface area contributed by atoms with Gasteiger partial charge in [-0.2, -0.15) is 0 Å². The van der Waals surface area contributed by atoms with E-state index in [1.54, 1.807) is 81.1 Å². The second-order valence-corrected chi connectivity index (χ2v) is 13.1. The zero-order valence-electron chi connectivity index (χ0n) is 27.1. The van der Waals surface area contributed by atoms with E-state index in [0.29, 0.717) is 58.0 Å². The predicted molar refractivity (Wildman–Crippen MR) is 178 cm³/mol. The van der Waals surface area contributed by atoms with Crippen molar-refractivity contribution >= 4 is 52.7 Å². The van der Waals surface area contributed by atoms with Crippen molar-refractivity contribution < 1.29 is 38.6 Å². The summed E-state index contributed by atoms with van der Waals surface area (Å²) in [4.78, 5) is 65.3. The lowest BCUT2D eigenvalue weighted by Gasteiger charge is -2.30. The van der Waals surface area contributed by atoms with Crippen LogP contribution in [0.25, 0.3) is 0 Å². The number of benzene rings is 3. The summed E-state index contributed by atoms with van der Waals surface area (Å²) in [5, 5.41) is 12.3. The average molecular weight is 663 g/mol. The Balaban J connectivity index is 1.65. The minimum atomic E-state index is -1.38. The Morgan fingerprint density at radius 3 is 2.32 bits per heavy atom. The predicted octanol–water partition coefficient (Wildman–Crippen LogP) is 7.06. The molecule has 0 radical (unpaired) electrons. The van der Waals surface area contributed by atoms with Crippen molar-refractivity contribution in [3.8, 4) is 0 Å². The molecule has 2 atom stereocenters. The van der Waals surface area contributed by atoms with Gasteiger partial charge in [-0.3, -0.25) is 24.0 Å². The van der Waals surface area contributed by atoms with E-state index in [1.807, 2.05) is 19.1 Å². The fourth-order valence-corrected chi connectivity index (χ4v) is 5.51. The summed E-state index contributed by atoms with van der Waals surface area (Å²) in [6, 6.07) is 17.4. The SMILES string of the molecule is Cc1ccccc1C(=O)Nc1ccc(C(=O)N2CCCC(C(OC(=O)CCC(=O)O)OC(=O)C(C)(C)C)c3cc(Cl)ccc32)c(C)c1. The number of hydrogen-bond acceptors (Lipinski definition) is 7. The van der Waals surface area contributed by atoms with E-state index in [1.165, 1.54) is 0 Å². The van der Waals surface area contributed by atoms with E-state index < -0.39 is 48.4 Å². The van der Waals surface area contributed by atoms with Crippen LogP contribution in [0, 0.1) is 19.3 Å². The van der Waals surface area contributed by atoms with E-state index >= 15 is 0 Å². The zero-order valence-corrected chi connectivity index (χ0v) is 27.8. The van der Waals surface area contributed by atoms with Gasteiger partial charge < -0.3 is 24.8 Å². The number of rotatable bonds is 9. The van der Waals surface area contributed by atoms with Crippen molar-refractivity contribution in [3.05, 3.63) is 93.5 Å². The summed E-state index contributed by atoms with van der Waals surface area (Å²) in [5.41, 5.74) is 3.16. The number of nitrogens with zero attached hydrogens (tertiary/aromatic N) is 1. The first-order valence-electron chi connectivity index (χ1n) is 15.4. The van der Waals surface area contributed by atoms with Gasteiger partial charge in [0.25, 0.3) is 18.1 Å². The molecular weight excluding hydrogens is 624 g/mol. The molecule has 10 nitrogen and oxygen atoms in total. The molecule has 3 aromatic carbocycles. The van der Waals surface area contributed by atoms with Crippen LogP contribution < -0.4 is 10.2 Å². The van der Waals surface area contributed by atoms with Gasteiger partial charge in [-0.05, 0) is 107 Å². The minimum Gasteiger partial charge on any atom is -0.481 e. The summed E-state index contributed by atoms with van der Waals surface area (Å²) in [5.74, 6) is -3.84. The summed E-state index contributed by atoms with van der Waals surface area (Å²) >= 11 is 6.43. The highest BCUT2D eigenvalue weighted by atomic mass is 35.5. The molecule has 2 amide bonds. The Kier molecular flexibility index (Phi) is 11.1. The minimum absolute atomic E-state index is 0.253. The van der Waals surface area contributed by atoms with Gasteiger partial charge in [0.15, 0.2) is 0 Å². The summed E-state index contributed by atoms with van der Waals surface area (Å²) in [6.45, 7) is 8.95. The van der Waals surface area contributed by atoms with Gasteiger partial charge in [0.2, 0.25) is 0 Å². The van der Waals surface area contributed by atoms with Gasteiger partial charge in [0.05, 0.1) is 24.2 Å². The number of amides is 2. The van der Waals surface area contributed by atoms with Crippen LogP contribution in [-0.2, 0) is 23.9 Å². The van der Waals surface area contributed by atoms with E-state index in [9.17, 15) is 24.0 Å². The first kappa shape index (κ1) is 35.2. The maximum absolute atomic E-state index is 14.1. The summed E-state index contributed by atoms with van der Waals surface area (Å²) < 4.78 is 11.4. The molecule has 248 valence electrons. The second-order valence-electron chi connectivity index (χ2n) is 12.6. The van der Waals surface area contributed by atoms with E-state index in [-0.39, 0.29) is 11.8 Å². The van der Waals surface area contributed by atoms with Crippen LogP contribution in [0.3, 0.4) is 0 Å². The summed E-state index contributed by atoms with van der Waals surface area (Å²) in [7, 11) is 0. The number of hydrogen-bond donors (Lipinski definition) is 2. The fraction of sp³-hybridized carbons (Fsp3) is 0.361. The van der Waals surface area contributed by atoms with Crippen molar-refractivity contribution in [3.63, 3.8) is 0 Å². The average Bonchev–Trinajstić information content (AvgIpc) is 3.18. The maximum atomic E-state index is 14.1. The molecule has 0 saturated carbocycles. The van der Waals surface area contributed by atoms with Gasteiger partial charge >= 0.3 is 17.9 Å². The molecule has 2 unspecified atom stereocenters. The van der Waals surface area contributed by atoms with Crippen molar-refractivity contribution in [1.29, 1.82) is 0 Å². The third kappa shape index (κ3) is 8.77. The van der Waals surface area contributed by atoms with Crippen molar-refractivity contribution in [1.82, 2.24) is 0 Å². The van der Waals surface area contributed by atoms with Crippen LogP contribution in [-0.4, -0.2) is 47.7 Å². The molecule has 1 aliphatic rings. The number of carbonyl (C=O) groups is 5. The first-order valence-corrected chi connectivity index (χ1v) is 15.7. The zero-order chi connectivity index (χ0) is 34.5. The highest BCUT2D eigenvalue weighted by Gasteiger charge is 2.38. The van der Waals surface area contributed by atoms with Gasteiger partial charge in [0, 0.05) is 34.1 Å². The number of esters is 2. The highest BCUT2D eigenvalue weighted by Crippen LogP contribution is 2.41. The topological polar surface area (TPSA) is 139 Å². The maximum Gasteiger partial charge on any atom is 0.314 e. The van der Waals surface area contributed by atoms with Gasteiger partial charge in [0.1, 0.15) is 0 Å². The molecule has 3 aromatic rings. The number of carboxylic acids is 1. The van der Waals surface area contributed by atoms with E-state index in [4.69, 9.17) is 26.2 Å². The number of ether oxygens (including phenoxy) is 2. The largest absolute Gasteiger partial charge is 0.481 e. The normalized spacial score (nSPS) is 15.1.